The predicted molar refractivity (Wildman–Crippen MR) is 60.7 cm³/mol. The highest BCUT2D eigenvalue weighted by molar-refractivity contribution is 6.32. The molecular formula is C11H11ClN2O3. The summed E-state index contributed by atoms with van der Waals surface area (Å²) in [6.45, 7) is 1.86. The molecule has 1 atom stereocenters. The number of ether oxygens (including phenoxy) is 1. The number of aliphatic hydroxyl groups excluding tert-OH is 1. The second-order valence-corrected chi connectivity index (χ2v) is 3.91. The maximum absolute atomic E-state index is 9.39. The lowest BCUT2D eigenvalue weighted by atomic mass is 10.1. The molecule has 0 radical (unpaired) electrons. The molecule has 1 aromatic heterocycles. The number of aliphatic hydroxyl groups is 1. The van der Waals surface area contributed by atoms with E-state index in [-0.39, 0.29) is 6.61 Å². The van der Waals surface area contributed by atoms with Crippen LogP contribution in [0.25, 0.3) is 0 Å². The van der Waals surface area contributed by atoms with Crippen LogP contribution in [-0.4, -0.2) is 15.2 Å². The van der Waals surface area contributed by atoms with Crippen LogP contribution >= 0.6 is 11.6 Å². The molecule has 0 aliphatic carbocycles. The van der Waals surface area contributed by atoms with E-state index in [2.05, 4.69) is 14.7 Å². The van der Waals surface area contributed by atoms with E-state index in [9.17, 15) is 5.11 Å². The van der Waals surface area contributed by atoms with Gasteiger partial charge in [-0.05, 0) is 24.6 Å². The summed E-state index contributed by atoms with van der Waals surface area (Å²) in [5.74, 6) is 0.960. The minimum absolute atomic E-state index is 0.185. The average Bonchev–Trinajstić information content (AvgIpc) is 2.80. The van der Waals surface area contributed by atoms with Crippen molar-refractivity contribution in [1.82, 2.24) is 10.1 Å². The maximum Gasteiger partial charge on any atom is 0.213 e. The van der Waals surface area contributed by atoms with Crippen molar-refractivity contribution in [3.63, 3.8) is 0 Å². The molecule has 0 saturated carbocycles. The second-order valence-electron chi connectivity index (χ2n) is 3.50. The minimum Gasteiger partial charge on any atom is -0.484 e. The Hall–Kier alpha value is -1.59. The van der Waals surface area contributed by atoms with E-state index in [4.69, 9.17) is 16.3 Å². The Morgan fingerprint density at radius 1 is 1.53 bits per heavy atom. The molecule has 0 saturated heterocycles. The lowest BCUT2D eigenvalue weighted by Crippen LogP contribution is -1.99. The molecule has 1 N–H and O–H groups in total. The normalized spacial score (nSPS) is 12.4. The van der Waals surface area contributed by atoms with Crippen LogP contribution in [-0.2, 0) is 6.61 Å². The highest BCUT2D eigenvalue weighted by Gasteiger charge is 2.07. The zero-order chi connectivity index (χ0) is 12.3. The molecule has 0 bridgehead atoms. The number of hydrogen-bond acceptors (Lipinski definition) is 5. The Labute approximate surface area is 103 Å². The third-order valence-corrected chi connectivity index (χ3v) is 2.50. The third kappa shape index (κ3) is 2.95. The molecule has 2 rings (SSSR count). The largest absolute Gasteiger partial charge is 0.484 e. The topological polar surface area (TPSA) is 68.4 Å². The van der Waals surface area contributed by atoms with Gasteiger partial charge in [-0.15, -0.1) is 0 Å². The van der Waals surface area contributed by atoms with Crippen LogP contribution in [0.1, 0.15) is 24.4 Å². The van der Waals surface area contributed by atoms with Crippen molar-refractivity contribution in [2.45, 2.75) is 19.6 Å². The first-order chi connectivity index (χ1) is 8.16. The average molecular weight is 255 g/mol. The minimum atomic E-state index is -0.557. The van der Waals surface area contributed by atoms with Crippen LogP contribution in [0, 0.1) is 0 Å². The second kappa shape index (κ2) is 5.16. The molecule has 2 aromatic rings. The van der Waals surface area contributed by atoms with Crippen molar-refractivity contribution in [3.05, 3.63) is 41.0 Å². The molecule has 1 heterocycles. The van der Waals surface area contributed by atoms with Crippen LogP contribution in [0.15, 0.2) is 29.1 Å². The van der Waals surface area contributed by atoms with Crippen molar-refractivity contribution in [1.29, 1.82) is 0 Å². The Bertz CT molecular complexity index is 485. The Morgan fingerprint density at radius 3 is 2.94 bits per heavy atom. The summed E-state index contributed by atoms with van der Waals surface area (Å²) in [6, 6.07) is 5.12. The van der Waals surface area contributed by atoms with Crippen molar-refractivity contribution in [3.8, 4) is 5.75 Å². The molecule has 90 valence electrons. The van der Waals surface area contributed by atoms with E-state index >= 15 is 0 Å². The summed E-state index contributed by atoms with van der Waals surface area (Å²) < 4.78 is 9.99. The number of benzene rings is 1. The fourth-order valence-corrected chi connectivity index (χ4v) is 1.54. The zero-order valence-electron chi connectivity index (χ0n) is 9.13. The monoisotopic (exact) mass is 254 g/mol. The van der Waals surface area contributed by atoms with Crippen LogP contribution in [0.4, 0.5) is 0 Å². The van der Waals surface area contributed by atoms with Gasteiger partial charge >= 0.3 is 0 Å². The summed E-state index contributed by atoms with van der Waals surface area (Å²) in [5, 5.41) is 13.4. The van der Waals surface area contributed by atoms with Crippen molar-refractivity contribution in [2.75, 3.05) is 0 Å². The van der Waals surface area contributed by atoms with Gasteiger partial charge in [-0.2, -0.15) is 4.98 Å². The van der Waals surface area contributed by atoms with Crippen LogP contribution < -0.4 is 4.74 Å². The van der Waals surface area contributed by atoms with E-state index in [0.717, 1.165) is 5.56 Å². The molecule has 0 aliphatic heterocycles. The van der Waals surface area contributed by atoms with Crippen molar-refractivity contribution in [2.24, 2.45) is 0 Å². The highest BCUT2D eigenvalue weighted by atomic mass is 35.5. The summed E-state index contributed by atoms with van der Waals surface area (Å²) in [6.07, 6.45) is 0.676. The molecule has 0 fully saturated rings. The number of aromatic nitrogens is 2. The molecule has 0 spiro atoms. The Kier molecular flexibility index (Phi) is 3.61. The SMILES string of the molecule is C[C@@H](O)c1ccc(OCc2ncon2)c(Cl)c1. The van der Waals surface area contributed by atoms with Gasteiger partial charge in [0.25, 0.3) is 0 Å². The Morgan fingerprint density at radius 2 is 2.35 bits per heavy atom. The van der Waals surface area contributed by atoms with E-state index in [1.54, 1.807) is 25.1 Å². The predicted octanol–water partition coefficient (Wildman–Crippen LogP) is 2.36. The van der Waals surface area contributed by atoms with Gasteiger partial charge in [0.2, 0.25) is 12.2 Å². The number of halogens is 1. The fraction of sp³-hybridized carbons (Fsp3) is 0.273. The van der Waals surface area contributed by atoms with Gasteiger partial charge in [0.15, 0.2) is 6.61 Å². The van der Waals surface area contributed by atoms with Crippen LogP contribution in [0.3, 0.4) is 0 Å². The van der Waals surface area contributed by atoms with Gasteiger partial charge < -0.3 is 14.4 Å². The van der Waals surface area contributed by atoms with Gasteiger partial charge in [0.05, 0.1) is 11.1 Å². The van der Waals surface area contributed by atoms with Gasteiger partial charge in [-0.3, -0.25) is 0 Å². The molecule has 17 heavy (non-hydrogen) atoms. The van der Waals surface area contributed by atoms with Gasteiger partial charge in [0, 0.05) is 0 Å². The zero-order valence-corrected chi connectivity index (χ0v) is 9.89. The molecule has 0 aliphatic rings. The summed E-state index contributed by atoms with van der Waals surface area (Å²) in [5.41, 5.74) is 0.738. The first-order valence-corrected chi connectivity index (χ1v) is 5.40. The maximum atomic E-state index is 9.39. The third-order valence-electron chi connectivity index (χ3n) is 2.20. The molecule has 1 aromatic carbocycles. The molecule has 5 nitrogen and oxygen atoms in total. The highest BCUT2D eigenvalue weighted by Crippen LogP contribution is 2.28. The standard InChI is InChI=1S/C11H11ClN2O3/c1-7(15)8-2-3-10(9(12)4-8)16-5-11-13-6-17-14-11/h2-4,6-7,15H,5H2,1H3/t7-/m1/s1. The lowest BCUT2D eigenvalue weighted by Gasteiger charge is -2.09. The summed E-state index contributed by atoms with van der Waals surface area (Å²) in [7, 11) is 0. The first kappa shape index (κ1) is 11.9. The van der Waals surface area contributed by atoms with Crippen molar-refractivity contribution >= 4 is 11.6 Å². The van der Waals surface area contributed by atoms with Crippen molar-refractivity contribution < 1.29 is 14.4 Å². The van der Waals surface area contributed by atoms with Gasteiger partial charge in [-0.25, -0.2) is 0 Å². The molecule has 6 heteroatoms. The van der Waals surface area contributed by atoms with Crippen LogP contribution in [0.5, 0.6) is 5.75 Å². The molecular weight excluding hydrogens is 244 g/mol. The summed E-state index contributed by atoms with van der Waals surface area (Å²) in [4.78, 5) is 3.82. The molecule has 0 unspecified atom stereocenters. The fourth-order valence-electron chi connectivity index (χ4n) is 1.29. The smallest absolute Gasteiger partial charge is 0.213 e. The number of nitrogens with zero attached hydrogens (tertiary/aromatic N) is 2. The van der Waals surface area contributed by atoms with Gasteiger partial charge in [0.1, 0.15) is 5.75 Å². The molecule has 0 amide bonds. The van der Waals surface area contributed by atoms with E-state index in [1.807, 2.05) is 0 Å². The van der Waals surface area contributed by atoms with Gasteiger partial charge in [-0.1, -0.05) is 22.8 Å². The van der Waals surface area contributed by atoms with E-state index in [0.29, 0.717) is 16.6 Å². The van der Waals surface area contributed by atoms with E-state index in [1.165, 1.54) is 6.39 Å². The summed E-state index contributed by atoms with van der Waals surface area (Å²) >= 11 is 6.01. The van der Waals surface area contributed by atoms with E-state index < -0.39 is 6.10 Å². The number of rotatable bonds is 4. The van der Waals surface area contributed by atoms with Crippen LogP contribution in [0.2, 0.25) is 5.02 Å². The first-order valence-electron chi connectivity index (χ1n) is 5.02. The Balaban J connectivity index is 2.06. The quantitative estimate of drug-likeness (QED) is 0.907. The number of hydrogen-bond donors (Lipinski definition) is 1. The lowest BCUT2D eigenvalue weighted by molar-refractivity contribution is 0.199.